The molecule has 0 bridgehead atoms. The van der Waals surface area contributed by atoms with Crippen molar-refractivity contribution in [1.29, 1.82) is 0 Å². The first kappa shape index (κ1) is 31.1. The second-order valence-corrected chi connectivity index (χ2v) is 10.4. The topological polar surface area (TPSA) is 172 Å². The number of benzene rings is 3. The summed E-state index contributed by atoms with van der Waals surface area (Å²) >= 11 is 0. The standard InChI is InChI=1S/C28H28N4O10S/c1-40-28(20-31(26(28)35)43(37,38)39)32(23-15-9-4-10-16-23)29-17-24(33)42-25(34)18-30(22-13-7-3-8-14-22)27(36)41-19-21-11-5-2-6-12-21/h2-16,29H,17-20H2,1H3,(H,37,38,39). The van der Waals surface area contributed by atoms with Crippen molar-refractivity contribution in [3.05, 3.63) is 96.6 Å². The number of β-lactam (4-membered cyclic amide) rings is 1. The highest BCUT2D eigenvalue weighted by atomic mass is 32.2. The molecule has 0 aliphatic carbocycles. The van der Waals surface area contributed by atoms with Gasteiger partial charge in [0.15, 0.2) is 0 Å². The monoisotopic (exact) mass is 612 g/mol. The second-order valence-electron chi connectivity index (χ2n) is 9.09. The molecular formula is C28H28N4O10S. The van der Waals surface area contributed by atoms with Crippen LogP contribution in [0.4, 0.5) is 16.2 Å². The number of hydrogen-bond acceptors (Lipinski definition) is 11. The minimum absolute atomic E-state index is 0.0504. The van der Waals surface area contributed by atoms with Crippen LogP contribution in [-0.4, -0.2) is 73.7 Å². The molecule has 1 unspecified atom stereocenters. The fourth-order valence-electron chi connectivity index (χ4n) is 4.17. The lowest BCUT2D eigenvalue weighted by atomic mass is 10.0. The summed E-state index contributed by atoms with van der Waals surface area (Å²) in [5.41, 5.74) is 2.04. The zero-order valence-electron chi connectivity index (χ0n) is 22.9. The fraction of sp³-hybridized carbons (Fsp3) is 0.214. The third kappa shape index (κ3) is 7.34. The number of carbonyl (C=O) groups is 4. The molecule has 14 nitrogen and oxygen atoms in total. The van der Waals surface area contributed by atoms with Crippen LogP contribution in [0, 0.1) is 0 Å². The van der Waals surface area contributed by atoms with Gasteiger partial charge in [0.1, 0.15) is 19.7 Å². The lowest BCUT2D eigenvalue weighted by molar-refractivity contribution is -0.173. The summed E-state index contributed by atoms with van der Waals surface area (Å²) in [6, 6.07) is 25.1. The molecule has 0 spiro atoms. The highest BCUT2D eigenvalue weighted by Crippen LogP contribution is 2.34. The van der Waals surface area contributed by atoms with Gasteiger partial charge in [0, 0.05) is 12.8 Å². The molecule has 15 heteroatoms. The van der Waals surface area contributed by atoms with Crippen molar-refractivity contribution in [3.8, 4) is 0 Å². The van der Waals surface area contributed by atoms with Crippen LogP contribution in [0.1, 0.15) is 5.56 Å². The molecule has 2 N–H and O–H groups in total. The smallest absolute Gasteiger partial charge is 0.415 e. The molecule has 1 saturated heterocycles. The average Bonchev–Trinajstić information content (AvgIpc) is 3.00. The largest absolute Gasteiger partial charge is 0.444 e. The van der Waals surface area contributed by atoms with Gasteiger partial charge in [-0.1, -0.05) is 66.7 Å². The number of hydrazine groups is 1. The van der Waals surface area contributed by atoms with Gasteiger partial charge in [-0.2, -0.15) is 8.42 Å². The highest BCUT2D eigenvalue weighted by molar-refractivity contribution is 7.84. The molecule has 4 rings (SSSR count). The maximum atomic E-state index is 12.9. The zero-order chi connectivity index (χ0) is 31.0. The number of amides is 2. The number of esters is 2. The quantitative estimate of drug-likeness (QED) is 0.0761. The fourth-order valence-corrected chi connectivity index (χ4v) is 4.86. The number of methoxy groups -OCH3 is 1. The van der Waals surface area contributed by atoms with E-state index in [2.05, 4.69) is 5.43 Å². The van der Waals surface area contributed by atoms with Crippen LogP contribution in [0.15, 0.2) is 91.0 Å². The van der Waals surface area contributed by atoms with Gasteiger partial charge in [-0.15, -0.1) is 0 Å². The second kappa shape index (κ2) is 13.4. The molecule has 0 radical (unpaired) electrons. The van der Waals surface area contributed by atoms with Crippen molar-refractivity contribution in [1.82, 2.24) is 9.73 Å². The van der Waals surface area contributed by atoms with Gasteiger partial charge in [-0.3, -0.25) is 24.1 Å². The van der Waals surface area contributed by atoms with Crippen molar-refractivity contribution in [2.75, 3.05) is 36.7 Å². The molecule has 1 aliphatic heterocycles. The molecule has 1 heterocycles. The molecule has 1 fully saturated rings. The Labute approximate surface area is 247 Å². The number of nitrogens with zero attached hydrogens (tertiary/aromatic N) is 3. The SMILES string of the molecule is COC1(N(NCC(=O)OC(=O)CN(C(=O)OCc2ccccc2)c2ccccc2)c2ccccc2)CN(S(=O)(=O)O)C1=O. The van der Waals surface area contributed by atoms with Crippen molar-refractivity contribution >= 4 is 45.6 Å². The van der Waals surface area contributed by atoms with Gasteiger partial charge in [-0.05, 0) is 29.8 Å². The minimum Gasteiger partial charge on any atom is -0.444 e. The summed E-state index contributed by atoms with van der Waals surface area (Å²) in [5, 5.41) is 1.10. The number of anilines is 2. The van der Waals surface area contributed by atoms with Gasteiger partial charge >= 0.3 is 28.3 Å². The van der Waals surface area contributed by atoms with Gasteiger partial charge < -0.3 is 14.2 Å². The van der Waals surface area contributed by atoms with E-state index in [9.17, 15) is 32.1 Å². The summed E-state index contributed by atoms with van der Waals surface area (Å²) in [7, 11) is -3.70. The van der Waals surface area contributed by atoms with Crippen molar-refractivity contribution in [3.63, 3.8) is 0 Å². The van der Waals surface area contributed by atoms with Crippen LogP contribution in [0.3, 0.4) is 0 Å². The first-order valence-corrected chi connectivity index (χ1v) is 14.1. The predicted octanol–water partition coefficient (Wildman–Crippen LogP) is 1.90. The summed E-state index contributed by atoms with van der Waals surface area (Å²) in [6.07, 6.45) is -0.846. The number of para-hydroxylation sites is 2. The Kier molecular flexibility index (Phi) is 9.72. The first-order chi connectivity index (χ1) is 20.5. The molecule has 226 valence electrons. The number of rotatable bonds is 12. The van der Waals surface area contributed by atoms with Gasteiger partial charge in [0.25, 0.3) is 11.6 Å². The predicted molar refractivity (Wildman–Crippen MR) is 151 cm³/mol. The third-order valence-electron chi connectivity index (χ3n) is 6.30. The van der Waals surface area contributed by atoms with Crippen molar-refractivity contribution < 1.29 is 46.4 Å². The van der Waals surface area contributed by atoms with E-state index in [1.807, 2.05) is 6.07 Å². The summed E-state index contributed by atoms with van der Waals surface area (Å²) in [4.78, 5) is 52.2. The van der Waals surface area contributed by atoms with Gasteiger partial charge in [0.2, 0.25) is 0 Å². The molecule has 1 atom stereocenters. The molecule has 1 aliphatic rings. The lowest BCUT2D eigenvalue weighted by Crippen LogP contribution is -2.78. The summed E-state index contributed by atoms with van der Waals surface area (Å²) < 4.78 is 48.2. The Bertz CT molecular complexity index is 1560. The average molecular weight is 613 g/mol. The van der Waals surface area contributed by atoms with Crippen LogP contribution in [-0.2, 0) is 45.5 Å². The van der Waals surface area contributed by atoms with E-state index in [0.717, 1.165) is 22.6 Å². The molecule has 0 saturated carbocycles. The van der Waals surface area contributed by atoms with E-state index in [1.165, 1.54) is 0 Å². The molecule has 3 aromatic rings. The Morgan fingerprint density at radius 1 is 0.907 bits per heavy atom. The van der Waals surface area contributed by atoms with Crippen LogP contribution >= 0.6 is 0 Å². The third-order valence-corrected chi connectivity index (χ3v) is 7.15. The maximum absolute atomic E-state index is 12.9. The van der Waals surface area contributed by atoms with Crippen molar-refractivity contribution in [2.45, 2.75) is 12.3 Å². The van der Waals surface area contributed by atoms with E-state index in [4.69, 9.17) is 14.2 Å². The summed E-state index contributed by atoms with van der Waals surface area (Å²) in [5.74, 6) is -3.27. The van der Waals surface area contributed by atoms with E-state index in [-0.39, 0.29) is 10.9 Å². The van der Waals surface area contributed by atoms with Gasteiger partial charge in [-0.25, -0.2) is 19.3 Å². The zero-order valence-corrected chi connectivity index (χ0v) is 23.7. The van der Waals surface area contributed by atoms with E-state index >= 15 is 0 Å². The Morgan fingerprint density at radius 2 is 1.47 bits per heavy atom. The molecule has 43 heavy (non-hydrogen) atoms. The van der Waals surface area contributed by atoms with Crippen LogP contribution < -0.4 is 15.3 Å². The van der Waals surface area contributed by atoms with Crippen LogP contribution in [0.2, 0.25) is 0 Å². The van der Waals surface area contributed by atoms with Crippen LogP contribution in [0.25, 0.3) is 0 Å². The number of carbonyl (C=O) groups excluding carboxylic acids is 4. The molecule has 3 aromatic carbocycles. The molecule has 2 amide bonds. The van der Waals surface area contributed by atoms with Crippen LogP contribution in [0.5, 0.6) is 0 Å². The normalized spacial score (nSPS) is 16.1. The van der Waals surface area contributed by atoms with Crippen molar-refractivity contribution in [2.24, 2.45) is 0 Å². The molecular weight excluding hydrogens is 584 g/mol. The van der Waals surface area contributed by atoms with E-state index in [0.29, 0.717) is 11.4 Å². The van der Waals surface area contributed by atoms with E-state index in [1.54, 1.807) is 84.9 Å². The number of nitrogens with one attached hydrogen (secondary N) is 1. The lowest BCUT2D eigenvalue weighted by Gasteiger charge is -2.51. The molecule has 0 aromatic heterocycles. The maximum Gasteiger partial charge on any atom is 0.415 e. The number of ether oxygens (including phenoxy) is 3. The minimum atomic E-state index is -4.85. The number of hydrogen-bond donors (Lipinski definition) is 2. The summed E-state index contributed by atoms with van der Waals surface area (Å²) in [6.45, 7) is -1.98. The first-order valence-electron chi connectivity index (χ1n) is 12.8. The Hall–Kier alpha value is -4.83. The van der Waals surface area contributed by atoms with E-state index < -0.39 is 59.6 Å². The van der Waals surface area contributed by atoms with Gasteiger partial charge in [0.05, 0.1) is 12.2 Å². The highest BCUT2D eigenvalue weighted by Gasteiger charge is 2.62. The Balaban J connectivity index is 1.42. The Morgan fingerprint density at radius 3 is 2.00 bits per heavy atom.